The summed E-state index contributed by atoms with van der Waals surface area (Å²) in [5.74, 6) is 0.559. The van der Waals surface area contributed by atoms with Gasteiger partial charge in [-0.2, -0.15) is 0 Å². The number of carbonyl (C=O) groups is 1. The van der Waals surface area contributed by atoms with Gasteiger partial charge in [0.1, 0.15) is 5.69 Å². The van der Waals surface area contributed by atoms with E-state index in [1.54, 1.807) is 12.1 Å². The molecule has 1 saturated carbocycles. The number of aromatic nitrogens is 1. The SMILES string of the molecule is COc1cc(CN(C(=O)c2[nH]c3c(C)ccc(C)c3c2C)C2CC2)ccc1O. The zero-order valence-corrected chi connectivity index (χ0v) is 16.8. The van der Waals surface area contributed by atoms with Crippen LogP contribution >= 0.6 is 0 Å². The van der Waals surface area contributed by atoms with E-state index in [2.05, 4.69) is 31.0 Å². The Morgan fingerprint density at radius 1 is 1.18 bits per heavy atom. The second kappa shape index (κ2) is 6.89. The number of nitrogens with one attached hydrogen (secondary N) is 1. The first-order valence-corrected chi connectivity index (χ1v) is 9.66. The van der Waals surface area contributed by atoms with Gasteiger partial charge in [-0.3, -0.25) is 4.79 Å². The van der Waals surface area contributed by atoms with Crippen molar-refractivity contribution in [2.24, 2.45) is 0 Å². The number of carbonyl (C=O) groups excluding carboxylic acids is 1. The lowest BCUT2D eigenvalue weighted by atomic mass is 10.0. The van der Waals surface area contributed by atoms with E-state index in [1.807, 2.05) is 17.9 Å². The lowest BCUT2D eigenvalue weighted by Crippen LogP contribution is -2.33. The first-order chi connectivity index (χ1) is 13.4. The van der Waals surface area contributed by atoms with Crippen LogP contribution in [-0.4, -0.2) is 34.0 Å². The molecule has 2 aromatic carbocycles. The molecule has 0 spiro atoms. The number of phenols is 1. The van der Waals surface area contributed by atoms with Crippen molar-refractivity contribution in [3.63, 3.8) is 0 Å². The van der Waals surface area contributed by atoms with Gasteiger partial charge in [-0.1, -0.05) is 18.2 Å². The van der Waals surface area contributed by atoms with E-state index < -0.39 is 0 Å². The molecule has 0 unspecified atom stereocenters. The summed E-state index contributed by atoms with van der Waals surface area (Å²) in [5, 5.41) is 11.0. The number of hydrogen-bond donors (Lipinski definition) is 2. The van der Waals surface area contributed by atoms with E-state index in [4.69, 9.17) is 4.74 Å². The van der Waals surface area contributed by atoms with Gasteiger partial charge in [0, 0.05) is 23.5 Å². The van der Waals surface area contributed by atoms with Crippen LogP contribution in [0.15, 0.2) is 30.3 Å². The normalized spacial score (nSPS) is 13.7. The molecule has 146 valence electrons. The minimum atomic E-state index is 0.0297. The fourth-order valence-electron chi connectivity index (χ4n) is 3.93. The monoisotopic (exact) mass is 378 g/mol. The summed E-state index contributed by atoms with van der Waals surface area (Å²) in [5.41, 5.74) is 5.98. The van der Waals surface area contributed by atoms with Crippen LogP contribution in [0.1, 0.15) is 45.6 Å². The summed E-state index contributed by atoms with van der Waals surface area (Å²) in [6.45, 7) is 6.66. The second-order valence-electron chi connectivity index (χ2n) is 7.74. The smallest absolute Gasteiger partial charge is 0.271 e. The lowest BCUT2D eigenvalue weighted by Gasteiger charge is -2.23. The third-order valence-electron chi connectivity index (χ3n) is 5.68. The van der Waals surface area contributed by atoms with Gasteiger partial charge in [-0.05, 0) is 68.0 Å². The van der Waals surface area contributed by atoms with Gasteiger partial charge < -0.3 is 19.7 Å². The number of H-pyrrole nitrogens is 1. The van der Waals surface area contributed by atoms with Crippen molar-refractivity contribution in [2.75, 3.05) is 7.11 Å². The van der Waals surface area contributed by atoms with Gasteiger partial charge in [-0.15, -0.1) is 0 Å². The zero-order valence-electron chi connectivity index (χ0n) is 16.8. The minimum Gasteiger partial charge on any atom is -0.504 e. The van der Waals surface area contributed by atoms with E-state index in [-0.39, 0.29) is 17.7 Å². The largest absolute Gasteiger partial charge is 0.504 e. The molecule has 1 amide bonds. The average Bonchev–Trinajstić information content (AvgIpc) is 3.46. The van der Waals surface area contributed by atoms with Gasteiger partial charge in [0.25, 0.3) is 5.91 Å². The van der Waals surface area contributed by atoms with Crippen molar-refractivity contribution in [1.29, 1.82) is 0 Å². The van der Waals surface area contributed by atoms with E-state index in [0.29, 0.717) is 18.0 Å². The number of ether oxygens (including phenoxy) is 1. The predicted molar refractivity (Wildman–Crippen MR) is 110 cm³/mol. The van der Waals surface area contributed by atoms with Crippen molar-refractivity contribution in [3.8, 4) is 11.5 Å². The standard InChI is InChI=1S/C23H26N2O3/c1-13-5-6-14(2)21-20(13)15(3)22(24-21)23(27)25(17-8-9-17)12-16-7-10-18(26)19(11-16)28-4/h5-7,10-11,17,24,26H,8-9,12H2,1-4H3. The molecule has 2 N–H and O–H groups in total. The van der Waals surface area contributed by atoms with Crippen LogP contribution < -0.4 is 4.74 Å². The van der Waals surface area contributed by atoms with Crippen LogP contribution in [0.2, 0.25) is 0 Å². The lowest BCUT2D eigenvalue weighted by molar-refractivity contribution is 0.0724. The number of fused-ring (bicyclic) bond motifs is 1. The van der Waals surface area contributed by atoms with Crippen LogP contribution in [0.25, 0.3) is 10.9 Å². The third kappa shape index (κ3) is 3.11. The fraction of sp³-hybridized carbons (Fsp3) is 0.348. The highest BCUT2D eigenvalue weighted by Crippen LogP contribution is 2.34. The van der Waals surface area contributed by atoms with Crippen molar-refractivity contribution in [3.05, 3.63) is 58.3 Å². The Bertz CT molecular complexity index is 1060. The molecule has 1 aliphatic carbocycles. The Kier molecular flexibility index (Phi) is 4.53. The van der Waals surface area contributed by atoms with Crippen LogP contribution in [0.4, 0.5) is 0 Å². The van der Waals surface area contributed by atoms with Gasteiger partial charge in [0.2, 0.25) is 0 Å². The zero-order chi connectivity index (χ0) is 20.0. The van der Waals surface area contributed by atoms with Crippen molar-refractivity contribution >= 4 is 16.8 Å². The molecule has 0 aliphatic heterocycles. The fourth-order valence-corrected chi connectivity index (χ4v) is 3.93. The van der Waals surface area contributed by atoms with E-state index in [0.717, 1.165) is 40.4 Å². The molecule has 5 heteroatoms. The molecule has 4 rings (SSSR count). The van der Waals surface area contributed by atoms with E-state index in [1.165, 1.54) is 12.7 Å². The Hall–Kier alpha value is -2.95. The van der Waals surface area contributed by atoms with E-state index in [9.17, 15) is 9.90 Å². The number of rotatable bonds is 5. The number of phenolic OH excluding ortho intramolecular Hbond substituents is 1. The van der Waals surface area contributed by atoms with E-state index >= 15 is 0 Å². The Morgan fingerprint density at radius 3 is 2.54 bits per heavy atom. The molecular formula is C23H26N2O3. The molecule has 0 bridgehead atoms. The number of aromatic amines is 1. The number of aromatic hydroxyl groups is 1. The summed E-state index contributed by atoms with van der Waals surface area (Å²) in [6, 6.07) is 9.71. The highest BCUT2D eigenvalue weighted by atomic mass is 16.5. The van der Waals surface area contributed by atoms with Gasteiger partial charge >= 0.3 is 0 Å². The second-order valence-corrected chi connectivity index (χ2v) is 7.74. The van der Waals surface area contributed by atoms with Crippen LogP contribution in [0.5, 0.6) is 11.5 Å². The van der Waals surface area contributed by atoms with Crippen molar-refractivity contribution in [1.82, 2.24) is 9.88 Å². The number of methoxy groups -OCH3 is 1. The van der Waals surface area contributed by atoms with Gasteiger partial charge in [0.15, 0.2) is 11.5 Å². The molecule has 5 nitrogen and oxygen atoms in total. The topological polar surface area (TPSA) is 65.6 Å². The number of amides is 1. The Balaban J connectivity index is 1.71. The van der Waals surface area contributed by atoms with Gasteiger partial charge in [0.05, 0.1) is 7.11 Å². The summed E-state index contributed by atoms with van der Waals surface area (Å²) in [7, 11) is 1.53. The first kappa shape index (κ1) is 18.4. The first-order valence-electron chi connectivity index (χ1n) is 9.66. The molecule has 1 aromatic heterocycles. The van der Waals surface area contributed by atoms with Crippen LogP contribution in [0, 0.1) is 20.8 Å². The molecular weight excluding hydrogens is 352 g/mol. The van der Waals surface area contributed by atoms with Gasteiger partial charge in [-0.25, -0.2) is 0 Å². The summed E-state index contributed by atoms with van der Waals surface area (Å²) in [6.07, 6.45) is 2.05. The molecule has 0 atom stereocenters. The number of benzene rings is 2. The minimum absolute atomic E-state index is 0.0297. The molecule has 0 saturated heterocycles. The van der Waals surface area contributed by atoms with Crippen LogP contribution in [0.3, 0.4) is 0 Å². The molecule has 1 fully saturated rings. The Labute approximate surface area is 164 Å². The molecule has 0 radical (unpaired) electrons. The third-order valence-corrected chi connectivity index (χ3v) is 5.68. The maximum absolute atomic E-state index is 13.5. The number of hydrogen-bond acceptors (Lipinski definition) is 3. The van der Waals surface area contributed by atoms with Crippen LogP contribution in [-0.2, 0) is 6.54 Å². The van der Waals surface area contributed by atoms with Crippen molar-refractivity contribution < 1.29 is 14.6 Å². The summed E-state index contributed by atoms with van der Waals surface area (Å²) < 4.78 is 5.21. The molecule has 1 aliphatic rings. The maximum atomic E-state index is 13.5. The quantitative estimate of drug-likeness (QED) is 0.681. The molecule has 3 aromatic rings. The number of nitrogens with zero attached hydrogens (tertiary/aromatic N) is 1. The highest BCUT2D eigenvalue weighted by Gasteiger charge is 2.34. The average molecular weight is 378 g/mol. The highest BCUT2D eigenvalue weighted by molar-refractivity contribution is 6.02. The predicted octanol–water partition coefficient (Wildman–Crippen LogP) is 4.61. The number of aryl methyl sites for hydroxylation is 3. The van der Waals surface area contributed by atoms with Crippen molar-refractivity contribution in [2.45, 2.75) is 46.2 Å². The molecule has 28 heavy (non-hydrogen) atoms. The summed E-state index contributed by atoms with van der Waals surface area (Å²) >= 11 is 0. The Morgan fingerprint density at radius 2 is 1.89 bits per heavy atom. The summed E-state index contributed by atoms with van der Waals surface area (Å²) in [4.78, 5) is 18.8. The molecule has 1 heterocycles. The maximum Gasteiger partial charge on any atom is 0.271 e.